The normalized spacial score (nSPS) is 18.3. The summed E-state index contributed by atoms with van der Waals surface area (Å²) in [5.74, 6) is -0.821. The Morgan fingerprint density at radius 2 is 1.70 bits per heavy atom. The number of aliphatic hydroxyl groups is 1. The van der Waals surface area contributed by atoms with E-state index in [1.807, 2.05) is 0 Å². The van der Waals surface area contributed by atoms with Crippen molar-refractivity contribution in [3.63, 3.8) is 0 Å². The van der Waals surface area contributed by atoms with Gasteiger partial charge in [-0.3, -0.25) is 4.79 Å². The van der Waals surface area contributed by atoms with Gasteiger partial charge in [0.05, 0.1) is 47.1 Å². The molecule has 0 radical (unpaired) electrons. The van der Waals surface area contributed by atoms with Gasteiger partial charge in [0, 0.05) is 24.9 Å². The minimum Gasteiger partial charge on any atom is -0.394 e. The number of carbonyl (C=O) groups excluding carboxylic acids is 1. The van der Waals surface area contributed by atoms with Crippen LogP contribution in [0.2, 0.25) is 0 Å². The zero-order chi connectivity index (χ0) is 32.1. The number of carbonyl (C=O) groups is 1. The minimum absolute atomic E-state index is 0.0362. The molecule has 1 saturated heterocycles. The van der Waals surface area contributed by atoms with Crippen LogP contribution in [-0.2, 0) is 20.8 Å². The average Bonchev–Trinajstić information content (AvgIpc) is 3.02. The fourth-order valence-corrected chi connectivity index (χ4v) is 5.87. The van der Waals surface area contributed by atoms with Crippen molar-refractivity contribution in [2.24, 2.45) is 0 Å². The molecule has 1 aliphatic rings. The Balaban J connectivity index is 1.49. The third-order valence-electron chi connectivity index (χ3n) is 7.50. The van der Waals surface area contributed by atoms with Crippen LogP contribution in [0.4, 0.5) is 27.9 Å². The van der Waals surface area contributed by atoms with Crippen molar-refractivity contribution in [3.05, 3.63) is 83.2 Å². The maximum absolute atomic E-state index is 13.0. The van der Waals surface area contributed by atoms with Crippen LogP contribution in [0.1, 0.15) is 58.8 Å². The summed E-state index contributed by atoms with van der Waals surface area (Å²) < 4.78 is 93.4. The van der Waals surface area contributed by atoms with Crippen molar-refractivity contribution in [1.29, 1.82) is 0 Å². The largest absolute Gasteiger partial charge is 0.416 e. The number of aliphatic hydroxyl groups excluding tert-OH is 1. The molecule has 44 heavy (non-hydrogen) atoms. The predicted octanol–water partition coefficient (Wildman–Crippen LogP) is 4.74. The van der Waals surface area contributed by atoms with E-state index in [0.717, 1.165) is 12.1 Å². The van der Waals surface area contributed by atoms with Crippen molar-refractivity contribution in [3.8, 4) is 0 Å². The number of hydrogen-bond acceptors (Lipinski definition) is 8. The molecule has 0 bridgehead atoms. The number of anilines is 1. The number of alkyl halides is 5. The molecular weight excluding hydrogens is 611 g/mol. The first-order chi connectivity index (χ1) is 20.8. The summed E-state index contributed by atoms with van der Waals surface area (Å²) in [6.45, 7) is -2.07. The van der Waals surface area contributed by atoms with Crippen molar-refractivity contribution < 1.29 is 45.0 Å². The summed E-state index contributed by atoms with van der Waals surface area (Å²) in [5.41, 5.74) is 0.369. The van der Waals surface area contributed by atoms with Gasteiger partial charge in [-0.05, 0) is 48.2 Å². The lowest BCUT2D eigenvalue weighted by atomic mass is 9.87. The molecule has 3 aromatic rings. The van der Waals surface area contributed by atoms with E-state index in [9.17, 15) is 40.3 Å². The molecule has 1 fully saturated rings. The highest BCUT2D eigenvalue weighted by atomic mass is 32.2. The number of ether oxygens (including phenoxy) is 1. The van der Waals surface area contributed by atoms with Crippen LogP contribution in [0, 0.1) is 0 Å². The quantitative estimate of drug-likeness (QED) is 0.288. The van der Waals surface area contributed by atoms with E-state index in [1.54, 1.807) is 4.90 Å². The molecule has 2 N–H and O–H groups in total. The molecule has 2 aromatic carbocycles. The molecule has 4 rings (SSSR count). The highest BCUT2D eigenvalue weighted by Gasteiger charge is 2.34. The Bertz CT molecular complexity index is 1510. The van der Waals surface area contributed by atoms with Crippen molar-refractivity contribution in [1.82, 2.24) is 15.3 Å². The van der Waals surface area contributed by atoms with Crippen LogP contribution in [0.25, 0.3) is 0 Å². The van der Waals surface area contributed by atoms with Crippen LogP contribution >= 0.6 is 0 Å². The van der Waals surface area contributed by atoms with Crippen LogP contribution in [0.5, 0.6) is 0 Å². The standard InChI is InChI=1S/C29H31F5N4O5S/c1-2-44(41,42)24-11-6-19(7-12-24)25(16-39)37-26(40)21-13-35-28(36-14-21)38-15-20(5-10-23(38)17-43-27(30)31)18-3-8-22(9-4-18)29(32,33)34/h3-4,6-9,11-14,20,23,25,27,39H,2,5,10,15-17H2,1H3,(H,37,40)/t20-,23+,25+/m1/s1. The first-order valence-corrected chi connectivity index (χ1v) is 15.4. The molecule has 0 spiro atoms. The monoisotopic (exact) mass is 642 g/mol. The maximum Gasteiger partial charge on any atom is 0.416 e. The summed E-state index contributed by atoms with van der Waals surface area (Å²) in [6.07, 6.45) is -1.13. The highest BCUT2D eigenvalue weighted by molar-refractivity contribution is 7.91. The molecule has 2 heterocycles. The third kappa shape index (κ3) is 8.07. The Labute approximate surface area is 251 Å². The van der Waals surface area contributed by atoms with Crippen LogP contribution in [0.3, 0.4) is 0 Å². The van der Waals surface area contributed by atoms with E-state index in [-0.39, 0.29) is 41.2 Å². The van der Waals surface area contributed by atoms with Gasteiger partial charge in [-0.15, -0.1) is 0 Å². The lowest BCUT2D eigenvalue weighted by Crippen LogP contribution is -2.46. The van der Waals surface area contributed by atoms with Gasteiger partial charge in [0.15, 0.2) is 9.84 Å². The summed E-state index contributed by atoms with van der Waals surface area (Å²) in [6, 6.07) is 9.15. The molecule has 15 heteroatoms. The zero-order valence-electron chi connectivity index (χ0n) is 23.5. The minimum atomic E-state index is -4.48. The molecule has 1 amide bonds. The number of aromatic nitrogens is 2. The molecular formula is C29H31F5N4O5S. The lowest BCUT2D eigenvalue weighted by molar-refractivity contribution is -0.137. The second kappa shape index (κ2) is 13.9. The molecule has 9 nitrogen and oxygen atoms in total. The average molecular weight is 643 g/mol. The molecule has 238 valence electrons. The Hall–Kier alpha value is -3.69. The van der Waals surface area contributed by atoms with Crippen LogP contribution in [-0.4, -0.2) is 67.6 Å². The fraction of sp³-hybridized carbons (Fsp3) is 0.414. The SMILES string of the molecule is CCS(=O)(=O)c1ccc([C@H](CO)NC(=O)c2cnc(N3C[C@H](c4ccc(C(F)(F)F)cc4)CC[C@H]3COC(F)F)nc2)cc1. The van der Waals surface area contributed by atoms with Gasteiger partial charge in [-0.2, -0.15) is 22.0 Å². The summed E-state index contributed by atoms with van der Waals surface area (Å²) >= 11 is 0. The number of nitrogens with zero attached hydrogens (tertiary/aromatic N) is 3. The number of amides is 1. The molecule has 0 aliphatic carbocycles. The first kappa shape index (κ1) is 33.2. The summed E-state index contributed by atoms with van der Waals surface area (Å²) in [5, 5.41) is 12.5. The van der Waals surface area contributed by atoms with Gasteiger partial charge in [-0.1, -0.05) is 31.2 Å². The number of nitrogens with one attached hydrogen (secondary N) is 1. The molecule has 3 atom stereocenters. The van der Waals surface area contributed by atoms with E-state index in [1.165, 1.54) is 55.7 Å². The zero-order valence-corrected chi connectivity index (χ0v) is 24.4. The number of hydrogen-bond donors (Lipinski definition) is 2. The molecule has 0 unspecified atom stereocenters. The number of piperidine rings is 1. The van der Waals surface area contributed by atoms with Gasteiger partial charge in [0.1, 0.15) is 0 Å². The fourth-order valence-electron chi connectivity index (χ4n) is 4.98. The first-order valence-electron chi connectivity index (χ1n) is 13.7. The van der Waals surface area contributed by atoms with Crippen molar-refractivity contribution in [2.45, 2.75) is 55.5 Å². The smallest absolute Gasteiger partial charge is 0.394 e. The second-order valence-corrected chi connectivity index (χ2v) is 12.5. The topological polar surface area (TPSA) is 122 Å². The molecule has 1 aromatic heterocycles. The highest BCUT2D eigenvalue weighted by Crippen LogP contribution is 2.35. The van der Waals surface area contributed by atoms with E-state index >= 15 is 0 Å². The summed E-state index contributed by atoms with van der Waals surface area (Å²) in [7, 11) is -3.42. The van der Waals surface area contributed by atoms with Crippen LogP contribution in [0.15, 0.2) is 65.8 Å². The van der Waals surface area contributed by atoms with E-state index in [2.05, 4.69) is 20.0 Å². The number of rotatable bonds is 11. The van der Waals surface area contributed by atoms with Gasteiger partial charge in [-0.25, -0.2) is 18.4 Å². The van der Waals surface area contributed by atoms with Crippen LogP contribution < -0.4 is 10.2 Å². The number of sulfone groups is 1. The van der Waals surface area contributed by atoms with Gasteiger partial charge in [0.2, 0.25) is 5.95 Å². The Morgan fingerprint density at radius 1 is 1.07 bits per heavy atom. The molecule has 0 saturated carbocycles. The van der Waals surface area contributed by atoms with Crippen molar-refractivity contribution in [2.75, 3.05) is 30.4 Å². The number of halogens is 5. The Kier molecular flexibility index (Phi) is 10.5. The lowest BCUT2D eigenvalue weighted by Gasteiger charge is -2.39. The second-order valence-electron chi connectivity index (χ2n) is 10.2. The molecule has 1 aliphatic heterocycles. The maximum atomic E-state index is 13.0. The number of benzene rings is 2. The van der Waals surface area contributed by atoms with Gasteiger partial charge in [0.25, 0.3) is 5.91 Å². The summed E-state index contributed by atoms with van der Waals surface area (Å²) in [4.78, 5) is 23.2. The Morgan fingerprint density at radius 3 is 2.25 bits per heavy atom. The van der Waals surface area contributed by atoms with Gasteiger partial charge >= 0.3 is 12.8 Å². The van der Waals surface area contributed by atoms with E-state index in [0.29, 0.717) is 24.0 Å². The predicted molar refractivity (Wildman–Crippen MR) is 150 cm³/mol. The third-order valence-corrected chi connectivity index (χ3v) is 9.25. The van der Waals surface area contributed by atoms with Crippen molar-refractivity contribution >= 4 is 21.7 Å². The van der Waals surface area contributed by atoms with Gasteiger partial charge < -0.3 is 20.1 Å². The van der Waals surface area contributed by atoms with E-state index in [4.69, 9.17) is 0 Å². The van der Waals surface area contributed by atoms with E-state index < -0.39 is 52.8 Å².